The smallest absolute Gasteiger partial charge is 0.187 e. The molecule has 1 saturated heterocycles. The topological polar surface area (TPSA) is 32.3 Å². The Bertz CT molecular complexity index is 320. The van der Waals surface area contributed by atoms with E-state index in [2.05, 4.69) is 32.4 Å². The molecule has 1 aliphatic rings. The molecule has 1 fully saturated rings. The van der Waals surface area contributed by atoms with Gasteiger partial charge in [0.05, 0.1) is 11.7 Å². The molecular formula is C9H15ClN4S. The van der Waals surface area contributed by atoms with Gasteiger partial charge in [-0.1, -0.05) is 11.6 Å². The van der Waals surface area contributed by atoms with Crippen molar-refractivity contribution in [1.82, 2.24) is 13.6 Å². The molecule has 0 unspecified atom stereocenters. The van der Waals surface area contributed by atoms with E-state index < -0.39 is 0 Å². The maximum absolute atomic E-state index is 5.95. The first kappa shape index (κ1) is 11.1. The molecule has 2 rings (SSSR count). The summed E-state index contributed by atoms with van der Waals surface area (Å²) in [5.41, 5.74) is 0. The lowest BCUT2D eigenvalue weighted by molar-refractivity contribution is 0.209. The number of halogens is 1. The van der Waals surface area contributed by atoms with E-state index in [9.17, 15) is 0 Å². The van der Waals surface area contributed by atoms with Crippen molar-refractivity contribution in [3.63, 3.8) is 0 Å². The van der Waals surface area contributed by atoms with Crippen LogP contribution in [-0.4, -0.2) is 45.9 Å². The van der Waals surface area contributed by atoms with Crippen molar-refractivity contribution in [3.05, 3.63) is 5.15 Å². The third-order valence-corrected chi connectivity index (χ3v) is 3.65. The van der Waals surface area contributed by atoms with Gasteiger partial charge in [-0.2, -0.15) is 8.75 Å². The Balaban J connectivity index is 1.97. The molecule has 0 radical (unpaired) electrons. The van der Waals surface area contributed by atoms with Gasteiger partial charge in [-0.05, 0) is 13.8 Å². The fourth-order valence-electron chi connectivity index (χ4n) is 1.81. The number of anilines is 1. The van der Waals surface area contributed by atoms with E-state index in [1.165, 1.54) is 11.7 Å². The van der Waals surface area contributed by atoms with Crippen LogP contribution in [-0.2, 0) is 0 Å². The molecule has 15 heavy (non-hydrogen) atoms. The van der Waals surface area contributed by atoms with Crippen molar-refractivity contribution >= 4 is 29.1 Å². The molecular weight excluding hydrogens is 232 g/mol. The van der Waals surface area contributed by atoms with E-state index in [4.69, 9.17) is 11.6 Å². The van der Waals surface area contributed by atoms with Gasteiger partial charge in [-0.3, -0.25) is 4.90 Å². The van der Waals surface area contributed by atoms with Crippen LogP contribution in [0.3, 0.4) is 0 Å². The van der Waals surface area contributed by atoms with Gasteiger partial charge in [0.2, 0.25) is 0 Å². The van der Waals surface area contributed by atoms with Crippen molar-refractivity contribution in [3.8, 4) is 0 Å². The molecule has 1 aromatic heterocycles. The zero-order valence-electron chi connectivity index (χ0n) is 8.98. The summed E-state index contributed by atoms with van der Waals surface area (Å²) in [5.74, 6) is 0.852. The molecule has 0 aromatic carbocycles. The standard InChI is InChI=1S/C9H15ClN4S/c1-7(2)13-3-5-14(6-4-13)9-8(10)11-15-12-9/h7H,3-6H2,1-2H3. The maximum Gasteiger partial charge on any atom is 0.187 e. The molecule has 4 nitrogen and oxygen atoms in total. The van der Waals surface area contributed by atoms with Gasteiger partial charge in [0.15, 0.2) is 11.0 Å². The first-order valence-corrected chi connectivity index (χ1v) is 6.26. The van der Waals surface area contributed by atoms with Crippen LogP contribution in [0, 0.1) is 0 Å². The van der Waals surface area contributed by atoms with Gasteiger partial charge in [0, 0.05) is 32.2 Å². The summed E-state index contributed by atoms with van der Waals surface area (Å²) in [6.45, 7) is 8.59. The largest absolute Gasteiger partial charge is 0.351 e. The molecule has 6 heteroatoms. The molecule has 2 heterocycles. The Morgan fingerprint density at radius 3 is 2.33 bits per heavy atom. The molecule has 0 bridgehead atoms. The summed E-state index contributed by atoms with van der Waals surface area (Å²) in [7, 11) is 0. The second kappa shape index (κ2) is 4.63. The van der Waals surface area contributed by atoms with Gasteiger partial charge in [0.25, 0.3) is 0 Å². The monoisotopic (exact) mass is 246 g/mol. The zero-order valence-corrected chi connectivity index (χ0v) is 10.6. The Morgan fingerprint density at radius 1 is 1.20 bits per heavy atom. The van der Waals surface area contributed by atoms with E-state index in [-0.39, 0.29) is 0 Å². The first-order chi connectivity index (χ1) is 7.18. The van der Waals surface area contributed by atoms with E-state index in [1.54, 1.807) is 0 Å². The van der Waals surface area contributed by atoms with Crippen molar-refractivity contribution in [1.29, 1.82) is 0 Å². The van der Waals surface area contributed by atoms with Crippen LogP contribution in [0.2, 0.25) is 5.15 Å². The van der Waals surface area contributed by atoms with E-state index in [1.807, 2.05) is 0 Å². The number of rotatable bonds is 2. The molecule has 0 saturated carbocycles. The number of piperazine rings is 1. The lowest BCUT2D eigenvalue weighted by Gasteiger charge is -2.36. The van der Waals surface area contributed by atoms with Gasteiger partial charge < -0.3 is 4.90 Å². The fourth-order valence-corrected chi connectivity index (χ4v) is 2.59. The average molecular weight is 247 g/mol. The van der Waals surface area contributed by atoms with Gasteiger partial charge in [-0.15, -0.1) is 0 Å². The van der Waals surface area contributed by atoms with Crippen LogP contribution in [0.5, 0.6) is 0 Å². The van der Waals surface area contributed by atoms with Crippen molar-refractivity contribution in [2.24, 2.45) is 0 Å². The van der Waals surface area contributed by atoms with Crippen molar-refractivity contribution in [2.45, 2.75) is 19.9 Å². The second-order valence-corrected chi connectivity index (χ2v) is 4.88. The minimum atomic E-state index is 0.540. The minimum absolute atomic E-state index is 0.540. The highest BCUT2D eigenvalue weighted by molar-refractivity contribution is 6.99. The highest BCUT2D eigenvalue weighted by atomic mass is 35.5. The lowest BCUT2D eigenvalue weighted by Crippen LogP contribution is -2.49. The number of aromatic nitrogens is 2. The van der Waals surface area contributed by atoms with Gasteiger partial charge in [0.1, 0.15) is 0 Å². The summed E-state index contributed by atoms with van der Waals surface area (Å²) >= 11 is 7.13. The van der Waals surface area contributed by atoms with E-state index in [0.29, 0.717) is 11.2 Å². The van der Waals surface area contributed by atoms with Crippen molar-refractivity contribution < 1.29 is 0 Å². The zero-order chi connectivity index (χ0) is 10.8. The predicted molar refractivity (Wildman–Crippen MR) is 63.8 cm³/mol. The molecule has 84 valence electrons. The van der Waals surface area contributed by atoms with Crippen LogP contribution < -0.4 is 4.90 Å². The Kier molecular flexibility index (Phi) is 3.43. The Hall–Kier alpha value is -0.390. The van der Waals surface area contributed by atoms with Gasteiger partial charge >= 0.3 is 0 Å². The minimum Gasteiger partial charge on any atom is -0.351 e. The summed E-state index contributed by atoms with van der Waals surface area (Å²) < 4.78 is 8.20. The average Bonchev–Trinajstić information content (AvgIpc) is 2.65. The molecule has 0 spiro atoms. The fraction of sp³-hybridized carbons (Fsp3) is 0.778. The van der Waals surface area contributed by atoms with E-state index >= 15 is 0 Å². The highest BCUT2D eigenvalue weighted by Gasteiger charge is 2.22. The SMILES string of the molecule is CC(C)N1CCN(c2nsnc2Cl)CC1. The summed E-state index contributed by atoms with van der Waals surface area (Å²) in [6, 6.07) is 0.621. The normalized spacial score (nSPS) is 18.8. The van der Waals surface area contributed by atoms with Crippen LogP contribution >= 0.6 is 23.3 Å². The lowest BCUT2D eigenvalue weighted by atomic mass is 10.2. The molecule has 0 amide bonds. The van der Waals surface area contributed by atoms with Crippen LogP contribution in [0.15, 0.2) is 0 Å². The molecule has 0 N–H and O–H groups in total. The Morgan fingerprint density at radius 2 is 1.87 bits per heavy atom. The quantitative estimate of drug-likeness (QED) is 0.796. The third kappa shape index (κ3) is 2.41. The third-order valence-electron chi connectivity index (χ3n) is 2.78. The summed E-state index contributed by atoms with van der Waals surface area (Å²) in [5, 5.41) is 0.540. The molecule has 1 aromatic rings. The molecule has 0 atom stereocenters. The van der Waals surface area contributed by atoms with Crippen LogP contribution in [0.1, 0.15) is 13.8 Å². The maximum atomic E-state index is 5.95. The highest BCUT2D eigenvalue weighted by Crippen LogP contribution is 2.23. The molecule has 0 aliphatic carbocycles. The van der Waals surface area contributed by atoms with Gasteiger partial charge in [-0.25, -0.2) is 0 Å². The van der Waals surface area contributed by atoms with Crippen LogP contribution in [0.4, 0.5) is 5.82 Å². The summed E-state index contributed by atoms with van der Waals surface area (Å²) in [6.07, 6.45) is 0. The van der Waals surface area contributed by atoms with E-state index in [0.717, 1.165) is 32.0 Å². The predicted octanol–water partition coefficient (Wildman–Crippen LogP) is 1.72. The second-order valence-electron chi connectivity index (χ2n) is 4.00. The Labute approximate surface area is 99.2 Å². The summed E-state index contributed by atoms with van der Waals surface area (Å²) in [4.78, 5) is 4.68. The number of hydrogen-bond donors (Lipinski definition) is 0. The molecule has 1 aliphatic heterocycles. The number of nitrogens with zero attached hydrogens (tertiary/aromatic N) is 4. The number of hydrogen-bond acceptors (Lipinski definition) is 5. The first-order valence-electron chi connectivity index (χ1n) is 5.15. The van der Waals surface area contributed by atoms with Crippen LogP contribution in [0.25, 0.3) is 0 Å². The van der Waals surface area contributed by atoms with Crippen molar-refractivity contribution in [2.75, 3.05) is 31.1 Å².